The number of furan rings is 2. The number of hydrogen-bond acceptors (Lipinski definition) is 6. The Bertz CT molecular complexity index is 1830. The van der Waals surface area contributed by atoms with Crippen LogP contribution in [-0.2, 0) is 0 Å². The minimum Gasteiger partial charge on any atom is -0.494 e. The van der Waals surface area contributed by atoms with Crippen LogP contribution in [0.15, 0.2) is 104 Å². The Kier molecular flexibility index (Phi) is 5.82. The van der Waals surface area contributed by atoms with Crippen LogP contribution < -0.4 is 10.3 Å². The molecule has 0 N–H and O–H groups in total. The number of ether oxygens (including phenoxy) is 1. The first-order valence-corrected chi connectivity index (χ1v) is 12.1. The predicted molar refractivity (Wildman–Crippen MR) is 145 cm³/mol. The van der Waals surface area contributed by atoms with Crippen molar-refractivity contribution in [2.75, 3.05) is 6.61 Å². The van der Waals surface area contributed by atoms with Crippen molar-refractivity contribution >= 4 is 39.7 Å². The quantitative estimate of drug-likeness (QED) is 0.226. The smallest absolute Gasteiger partial charge is 0.282 e. The van der Waals surface area contributed by atoms with E-state index < -0.39 is 0 Å². The van der Waals surface area contributed by atoms with Crippen molar-refractivity contribution < 1.29 is 13.6 Å². The van der Waals surface area contributed by atoms with Gasteiger partial charge >= 0.3 is 0 Å². The molecule has 0 bridgehead atoms. The molecule has 0 aliphatic carbocycles. The molecule has 3 aromatic heterocycles. The third-order valence-corrected chi connectivity index (χ3v) is 6.06. The van der Waals surface area contributed by atoms with Gasteiger partial charge in [-0.1, -0.05) is 23.7 Å². The van der Waals surface area contributed by atoms with Gasteiger partial charge in [-0.25, -0.2) is 4.98 Å². The van der Waals surface area contributed by atoms with E-state index in [9.17, 15) is 4.79 Å². The summed E-state index contributed by atoms with van der Waals surface area (Å²) in [4.78, 5) is 18.1. The van der Waals surface area contributed by atoms with Crippen LogP contribution in [0.25, 0.3) is 44.8 Å². The lowest BCUT2D eigenvalue weighted by atomic mass is 10.2. The zero-order chi connectivity index (χ0) is 25.4. The van der Waals surface area contributed by atoms with Crippen LogP contribution in [-0.4, -0.2) is 22.5 Å². The standard InChI is InChI=1S/C29H20ClN3O4/c1-2-35-21-10-7-18(8-11-21)25-14-12-22(36-25)17-31-33-28(32-24-6-4-3-5-23(24)29(33)34)27-16-19-15-20(30)9-13-26(19)37-27/h3-17H,2H2,1H3. The van der Waals surface area contributed by atoms with Gasteiger partial charge in [0.25, 0.3) is 5.56 Å². The number of rotatable bonds is 6. The molecule has 0 radical (unpaired) electrons. The number of halogens is 1. The average molecular weight is 510 g/mol. The second-order valence-electron chi connectivity index (χ2n) is 8.27. The summed E-state index contributed by atoms with van der Waals surface area (Å²) >= 11 is 6.14. The summed E-state index contributed by atoms with van der Waals surface area (Å²) < 4.78 is 18.7. The second kappa shape index (κ2) is 9.44. The summed E-state index contributed by atoms with van der Waals surface area (Å²) in [5, 5.41) is 6.28. The molecular weight excluding hydrogens is 490 g/mol. The Morgan fingerprint density at radius 3 is 2.65 bits per heavy atom. The van der Waals surface area contributed by atoms with Gasteiger partial charge in [-0.2, -0.15) is 9.78 Å². The van der Waals surface area contributed by atoms with Crippen LogP contribution in [0.5, 0.6) is 5.75 Å². The second-order valence-corrected chi connectivity index (χ2v) is 8.70. The highest BCUT2D eigenvalue weighted by molar-refractivity contribution is 6.31. The summed E-state index contributed by atoms with van der Waals surface area (Å²) in [6, 6.07) is 25.5. The van der Waals surface area contributed by atoms with E-state index >= 15 is 0 Å². The van der Waals surface area contributed by atoms with E-state index in [4.69, 9.17) is 30.2 Å². The molecule has 0 saturated heterocycles. The Morgan fingerprint density at radius 2 is 1.81 bits per heavy atom. The van der Waals surface area contributed by atoms with E-state index in [-0.39, 0.29) is 11.4 Å². The molecule has 0 atom stereocenters. The summed E-state index contributed by atoms with van der Waals surface area (Å²) in [7, 11) is 0. The molecule has 0 aliphatic heterocycles. The molecule has 7 nitrogen and oxygen atoms in total. The van der Waals surface area contributed by atoms with Crippen LogP contribution in [0, 0.1) is 0 Å². The molecule has 0 amide bonds. The normalized spacial score (nSPS) is 11.6. The number of hydrogen-bond donors (Lipinski definition) is 0. The van der Waals surface area contributed by atoms with Crippen molar-refractivity contribution in [3.63, 3.8) is 0 Å². The largest absolute Gasteiger partial charge is 0.494 e. The van der Waals surface area contributed by atoms with Gasteiger partial charge in [0, 0.05) is 16.0 Å². The highest BCUT2D eigenvalue weighted by atomic mass is 35.5. The lowest BCUT2D eigenvalue weighted by molar-refractivity contribution is 0.340. The van der Waals surface area contributed by atoms with Crippen molar-refractivity contribution in [2.24, 2.45) is 5.10 Å². The molecule has 3 aromatic carbocycles. The Labute approximate surface area is 216 Å². The third-order valence-electron chi connectivity index (χ3n) is 5.83. The first-order valence-electron chi connectivity index (χ1n) is 11.7. The molecule has 37 heavy (non-hydrogen) atoms. The minimum atomic E-state index is -0.325. The number of para-hydroxylation sites is 1. The molecule has 182 valence electrons. The molecule has 0 unspecified atom stereocenters. The van der Waals surface area contributed by atoms with Gasteiger partial charge in [0.2, 0.25) is 5.82 Å². The third kappa shape index (κ3) is 4.41. The molecule has 0 spiro atoms. The van der Waals surface area contributed by atoms with Gasteiger partial charge in [-0.05, 0) is 79.7 Å². The zero-order valence-corrected chi connectivity index (χ0v) is 20.5. The molecule has 3 heterocycles. The summed E-state index contributed by atoms with van der Waals surface area (Å²) in [5.41, 5.74) is 1.74. The SMILES string of the molecule is CCOc1ccc(-c2ccc(C=Nn3c(-c4cc5cc(Cl)ccc5o4)nc4ccccc4c3=O)o2)cc1. The average Bonchev–Trinajstić information content (AvgIpc) is 3.56. The highest BCUT2D eigenvalue weighted by Crippen LogP contribution is 2.29. The van der Waals surface area contributed by atoms with Crippen LogP contribution in [0.3, 0.4) is 0 Å². The first kappa shape index (κ1) is 22.8. The summed E-state index contributed by atoms with van der Waals surface area (Å²) in [6.07, 6.45) is 1.49. The number of fused-ring (bicyclic) bond motifs is 2. The molecular formula is C29H20ClN3O4. The van der Waals surface area contributed by atoms with Crippen LogP contribution >= 0.6 is 11.6 Å². The molecule has 6 rings (SSSR count). The first-order chi connectivity index (χ1) is 18.1. The number of benzene rings is 3. The fraction of sp³-hybridized carbons (Fsp3) is 0.0690. The van der Waals surface area contributed by atoms with Crippen LogP contribution in [0.2, 0.25) is 5.02 Å². The maximum Gasteiger partial charge on any atom is 0.282 e. The molecule has 8 heteroatoms. The van der Waals surface area contributed by atoms with Crippen molar-refractivity contribution in [1.29, 1.82) is 0 Å². The van der Waals surface area contributed by atoms with Gasteiger partial charge in [-0.3, -0.25) is 4.79 Å². The Hall–Kier alpha value is -4.62. The fourth-order valence-electron chi connectivity index (χ4n) is 4.09. The minimum absolute atomic E-state index is 0.269. The lowest BCUT2D eigenvalue weighted by Gasteiger charge is -2.06. The van der Waals surface area contributed by atoms with Gasteiger partial charge in [0.05, 0.1) is 23.7 Å². The molecule has 6 aromatic rings. The van der Waals surface area contributed by atoms with E-state index in [1.54, 1.807) is 48.5 Å². The maximum absolute atomic E-state index is 13.4. The van der Waals surface area contributed by atoms with Crippen molar-refractivity contribution in [1.82, 2.24) is 9.66 Å². The van der Waals surface area contributed by atoms with E-state index in [2.05, 4.69) is 5.10 Å². The Morgan fingerprint density at radius 1 is 0.973 bits per heavy atom. The maximum atomic E-state index is 13.4. The van der Waals surface area contributed by atoms with Gasteiger partial charge < -0.3 is 13.6 Å². The summed E-state index contributed by atoms with van der Waals surface area (Å²) in [6.45, 7) is 2.55. The van der Waals surface area contributed by atoms with E-state index in [1.165, 1.54) is 10.9 Å². The monoisotopic (exact) mass is 509 g/mol. The van der Waals surface area contributed by atoms with E-state index in [0.29, 0.717) is 45.4 Å². The molecule has 0 fully saturated rings. The Balaban J connectivity index is 1.41. The number of aromatic nitrogens is 2. The topological polar surface area (TPSA) is 82.8 Å². The van der Waals surface area contributed by atoms with Crippen molar-refractivity contribution in [3.8, 4) is 28.7 Å². The van der Waals surface area contributed by atoms with Gasteiger partial charge in [0.1, 0.15) is 22.9 Å². The molecule has 0 aliphatic rings. The molecule has 0 saturated carbocycles. The van der Waals surface area contributed by atoms with Crippen LogP contribution in [0.4, 0.5) is 0 Å². The van der Waals surface area contributed by atoms with Gasteiger partial charge in [0.15, 0.2) is 5.76 Å². The van der Waals surface area contributed by atoms with Crippen molar-refractivity contribution in [2.45, 2.75) is 6.92 Å². The highest BCUT2D eigenvalue weighted by Gasteiger charge is 2.17. The number of nitrogens with zero attached hydrogens (tertiary/aromatic N) is 3. The van der Waals surface area contributed by atoms with E-state index in [0.717, 1.165) is 16.7 Å². The predicted octanol–water partition coefficient (Wildman–Crippen LogP) is 7.00. The van der Waals surface area contributed by atoms with E-state index in [1.807, 2.05) is 43.3 Å². The zero-order valence-electron chi connectivity index (χ0n) is 19.7. The lowest BCUT2D eigenvalue weighted by Crippen LogP contribution is -2.20. The van der Waals surface area contributed by atoms with Crippen molar-refractivity contribution in [3.05, 3.63) is 106 Å². The summed E-state index contributed by atoms with van der Waals surface area (Å²) in [5.74, 6) is 2.61. The van der Waals surface area contributed by atoms with Gasteiger partial charge in [-0.15, -0.1) is 0 Å². The fourth-order valence-corrected chi connectivity index (χ4v) is 4.27. The van der Waals surface area contributed by atoms with Crippen LogP contribution in [0.1, 0.15) is 12.7 Å².